The molecule has 1 aromatic carbocycles. The summed E-state index contributed by atoms with van der Waals surface area (Å²) >= 11 is 0. The molecule has 6 heteroatoms. The molecule has 3 N–H and O–H groups in total. The zero-order valence-electron chi connectivity index (χ0n) is 16.3. The molecule has 0 bridgehead atoms. The van der Waals surface area contributed by atoms with Gasteiger partial charge in [-0.15, -0.1) is 0 Å². The van der Waals surface area contributed by atoms with Crippen LogP contribution in [0.1, 0.15) is 37.3 Å². The zero-order valence-corrected chi connectivity index (χ0v) is 16.3. The molecule has 0 spiro atoms. The summed E-state index contributed by atoms with van der Waals surface area (Å²) in [7, 11) is 0. The van der Waals surface area contributed by atoms with Gasteiger partial charge >= 0.3 is 0 Å². The second-order valence-electron chi connectivity index (χ2n) is 7.28. The molecule has 2 aromatic heterocycles. The van der Waals surface area contributed by atoms with Gasteiger partial charge in [0.25, 0.3) is 0 Å². The number of nitrogen functional groups attached to an aromatic ring is 1. The van der Waals surface area contributed by atoms with Gasteiger partial charge in [0, 0.05) is 5.56 Å². The molecule has 29 heavy (non-hydrogen) atoms. The Morgan fingerprint density at radius 2 is 2.03 bits per heavy atom. The molecule has 1 aliphatic rings. The SMILES string of the molecule is C=C1/C=C\C=C/CCC(n2nc(-c3ccccc3CO)c3c(N)ncnc32)CC1. The van der Waals surface area contributed by atoms with E-state index >= 15 is 0 Å². The number of allylic oxidation sites excluding steroid dienone is 5. The standard InChI is InChI=1S/C23H25N5O/c1-16-8-4-2-3-5-10-18(13-12-16)28-23-20(22(24)25-15-26-23)21(27-28)19-11-7-6-9-17(19)14-29/h2-4,6-9,11,15,18,29H,1,5,10,12-14H2,(H2,24,25,26)/b3-2-,8-4-. The van der Waals surface area contributed by atoms with Crippen LogP contribution in [0.5, 0.6) is 0 Å². The summed E-state index contributed by atoms with van der Waals surface area (Å²) in [5.41, 5.74) is 10.4. The summed E-state index contributed by atoms with van der Waals surface area (Å²) in [4.78, 5) is 8.72. The van der Waals surface area contributed by atoms with Crippen LogP contribution in [0.15, 0.2) is 67.0 Å². The molecule has 0 amide bonds. The Hall–Kier alpha value is -3.25. The highest BCUT2D eigenvalue weighted by Crippen LogP contribution is 2.35. The number of nitrogens with zero attached hydrogens (tertiary/aromatic N) is 4. The molecule has 2 heterocycles. The number of fused-ring (bicyclic) bond motifs is 1. The normalized spacial score (nSPS) is 19.9. The first kappa shape index (κ1) is 19.1. The van der Waals surface area contributed by atoms with E-state index in [0.717, 1.165) is 53.4 Å². The number of aliphatic hydroxyl groups excluding tert-OH is 1. The van der Waals surface area contributed by atoms with Gasteiger partial charge in [-0.3, -0.25) is 0 Å². The topological polar surface area (TPSA) is 89.8 Å². The number of aromatic nitrogens is 4. The Balaban J connectivity index is 1.85. The molecule has 0 saturated carbocycles. The average Bonchev–Trinajstić information content (AvgIpc) is 3.13. The fraction of sp³-hybridized carbons (Fsp3) is 0.261. The lowest BCUT2D eigenvalue weighted by Crippen LogP contribution is -2.12. The van der Waals surface area contributed by atoms with Gasteiger partial charge in [-0.25, -0.2) is 14.6 Å². The average molecular weight is 387 g/mol. The van der Waals surface area contributed by atoms with Crippen molar-refractivity contribution in [2.75, 3.05) is 5.73 Å². The smallest absolute Gasteiger partial charge is 0.164 e. The van der Waals surface area contributed by atoms with E-state index in [1.807, 2.05) is 35.0 Å². The molecule has 1 atom stereocenters. The van der Waals surface area contributed by atoms with E-state index in [4.69, 9.17) is 10.8 Å². The van der Waals surface area contributed by atoms with E-state index in [2.05, 4.69) is 34.8 Å². The summed E-state index contributed by atoms with van der Waals surface area (Å²) in [5, 5.41) is 15.5. The third kappa shape index (κ3) is 3.84. The van der Waals surface area contributed by atoms with Gasteiger partial charge in [0.1, 0.15) is 17.8 Å². The van der Waals surface area contributed by atoms with Crippen LogP contribution in [0.3, 0.4) is 0 Å². The molecular weight excluding hydrogens is 362 g/mol. The zero-order chi connectivity index (χ0) is 20.2. The van der Waals surface area contributed by atoms with E-state index in [1.54, 1.807) is 0 Å². The number of aliphatic hydroxyl groups is 1. The van der Waals surface area contributed by atoms with E-state index < -0.39 is 0 Å². The quantitative estimate of drug-likeness (QED) is 0.697. The second kappa shape index (κ2) is 8.41. The first-order valence-corrected chi connectivity index (χ1v) is 9.88. The predicted octanol–water partition coefficient (Wildman–Crippen LogP) is 4.35. The molecule has 3 aromatic rings. The summed E-state index contributed by atoms with van der Waals surface area (Å²) < 4.78 is 1.99. The van der Waals surface area contributed by atoms with Crippen molar-refractivity contribution in [3.8, 4) is 11.3 Å². The minimum atomic E-state index is -0.0709. The molecule has 1 unspecified atom stereocenters. The van der Waals surface area contributed by atoms with Crippen molar-refractivity contribution in [1.82, 2.24) is 19.7 Å². The number of benzene rings is 1. The van der Waals surface area contributed by atoms with Gasteiger partial charge in [-0.1, -0.05) is 60.7 Å². The summed E-state index contributed by atoms with van der Waals surface area (Å²) in [6, 6.07) is 7.84. The van der Waals surface area contributed by atoms with Gasteiger partial charge in [-0.05, 0) is 31.2 Å². The Morgan fingerprint density at radius 1 is 1.17 bits per heavy atom. The summed E-state index contributed by atoms with van der Waals surface area (Å²) in [5.74, 6) is 0.399. The second-order valence-corrected chi connectivity index (χ2v) is 7.28. The van der Waals surface area contributed by atoms with Gasteiger partial charge in [0.2, 0.25) is 0 Å². The Labute approximate surface area is 170 Å². The van der Waals surface area contributed by atoms with Gasteiger partial charge in [0.15, 0.2) is 5.65 Å². The van der Waals surface area contributed by atoms with Crippen LogP contribution in [0.4, 0.5) is 5.82 Å². The third-order valence-corrected chi connectivity index (χ3v) is 5.35. The molecule has 0 saturated heterocycles. The van der Waals surface area contributed by atoms with Crippen molar-refractivity contribution in [2.24, 2.45) is 0 Å². The maximum atomic E-state index is 9.81. The highest BCUT2D eigenvalue weighted by Gasteiger charge is 2.23. The number of rotatable bonds is 3. The van der Waals surface area contributed by atoms with E-state index in [0.29, 0.717) is 11.5 Å². The first-order valence-electron chi connectivity index (χ1n) is 9.88. The summed E-state index contributed by atoms with van der Waals surface area (Å²) in [6.45, 7) is 4.07. The van der Waals surface area contributed by atoms with Gasteiger partial charge in [0.05, 0.1) is 18.0 Å². The Morgan fingerprint density at radius 3 is 2.90 bits per heavy atom. The lowest BCUT2D eigenvalue weighted by Gasteiger charge is -2.18. The maximum Gasteiger partial charge on any atom is 0.164 e. The molecule has 0 aliphatic heterocycles. The van der Waals surface area contributed by atoms with Crippen molar-refractivity contribution in [3.05, 3.63) is 72.6 Å². The molecule has 0 fully saturated rings. The minimum absolute atomic E-state index is 0.0709. The molecule has 1 aliphatic carbocycles. The van der Waals surface area contributed by atoms with Gasteiger partial charge < -0.3 is 10.8 Å². The predicted molar refractivity (Wildman–Crippen MR) is 116 cm³/mol. The Kier molecular flexibility index (Phi) is 5.53. The van der Waals surface area contributed by atoms with Crippen molar-refractivity contribution in [3.63, 3.8) is 0 Å². The largest absolute Gasteiger partial charge is 0.392 e. The molecule has 6 nitrogen and oxygen atoms in total. The maximum absolute atomic E-state index is 9.81. The number of hydrogen-bond donors (Lipinski definition) is 2. The highest BCUT2D eigenvalue weighted by atomic mass is 16.3. The highest BCUT2D eigenvalue weighted by molar-refractivity contribution is 5.98. The number of anilines is 1. The summed E-state index contributed by atoms with van der Waals surface area (Å²) in [6.07, 6.45) is 13.5. The van der Waals surface area contributed by atoms with Crippen molar-refractivity contribution < 1.29 is 5.11 Å². The van der Waals surface area contributed by atoms with E-state index in [-0.39, 0.29) is 12.6 Å². The molecular formula is C23H25N5O. The van der Waals surface area contributed by atoms with Crippen molar-refractivity contribution in [1.29, 1.82) is 0 Å². The lowest BCUT2D eigenvalue weighted by atomic mass is 10.0. The fourth-order valence-electron chi connectivity index (χ4n) is 3.81. The van der Waals surface area contributed by atoms with Crippen molar-refractivity contribution in [2.45, 2.75) is 38.3 Å². The molecule has 148 valence electrons. The van der Waals surface area contributed by atoms with E-state index in [1.165, 1.54) is 6.33 Å². The van der Waals surface area contributed by atoms with Crippen LogP contribution < -0.4 is 5.73 Å². The van der Waals surface area contributed by atoms with Crippen LogP contribution >= 0.6 is 0 Å². The number of hydrogen-bond acceptors (Lipinski definition) is 5. The molecule has 4 rings (SSSR count). The molecule has 0 radical (unpaired) electrons. The third-order valence-electron chi connectivity index (χ3n) is 5.35. The van der Waals surface area contributed by atoms with Crippen LogP contribution in [-0.2, 0) is 6.61 Å². The van der Waals surface area contributed by atoms with Crippen LogP contribution in [0, 0.1) is 0 Å². The van der Waals surface area contributed by atoms with Gasteiger partial charge in [-0.2, -0.15) is 5.10 Å². The van der Waals surface area contributed by atoms with Crippen molar-refractivity contribution >= 4 is 16.9 Å². The lowest BCUT2D eigenvalue weighted by molar-refractivity contribution is 0.282. The minimum Gasteiger partial charge on any atom is -0.392 e. The Bertz CT molecular complexity index is 1100. The first-order chi connectivity index (χ1) is 14.2. The fourth-order valence-corrected chi connectivity index (χ4v) is 3.81. The van der Waals surface area contributed by atoms with Crippen LogP contribution in [0.2, 0.25) is 0 Å². The van der Waals surface area contributed by atoms with Crippen LogP contribution in [-0.4, -0.2) is 24.9 Å². The van der Waals surface area contributed by atoms with E-state index in [9.17, 15) is 5.11 Å². The monoisotopic (exact) mass is 387 g/mol. The number of nitrogens with two attached hydrogens (primary N) is 1. The van der Waals surface area contributed by atoms with Crippen LogP contribution in [0.25, 0.3) is 22.3 Å².